The van der Waals surface area contributed by atoms with Crippen LogP contribution in [0.1, 0.15) is 10.4 Å². The van der Waals surface area contributed by atoms with Crippen LogP contribution < -0.4 is 14.8 Å². The number of ether oxygens (including phenoxy) is 3. The molecule has 0 spiro atoms. The molecule has 8 heteroatoms. The van der Waals surface area contributed by atoms with E-state index in [-0.39, 0.29) is 16.3 Å². The summed E-state index contributed by atoms with van der Waals surface area (Å²) in [4.78, 5) is 23.9. The summed E-state index contributed by atoms with van der Waals surface area (Å²) in [7, 11) is 2.89. The first-order chi connectivity index (χ1) is 11.9. The third-order valence-corrected chi connectivity index (χ3v) is 3.45. The van der Waals surface area contributed by atoms with Crippen molar-refractivity contribution in [2.75, 3.05) is 26.1 Å². The molecule has 0 unspecified atom stereocenters. The molecule has 0 radical (unpaired) electrons. The second kappa shape index (κ2) is 8.34. The lowest BCUT2D eigenvalue weighted by Crippen LogP contribution is -2.21. The lowest BCUT2D eigenvalue weighted by Gasteiger charge is -2.10. The molecule has 0 aromatic heterocycles. The second-order valence-corrected chi connectivity index (χ2v) is 5.26. The van der Waals surface area contributed by atoms with Crippen LogP contribution in [-0.2, 0) is 9.53 Å². The van der Waals surface area contributed by atoms with E-state index in [9.17, 15) is 14.0 Å². The van der Waals surface area contributed by atoms with Gasteiger partial charge in [-0.1, -0.05) is 11.6 Å². The number of amides is 1. The normalized spacial score (nSPS) is 10.1. The third kappa shape index (κ3) is 5.09. The minimum absolute atomic E-state index is 0.0887. The van der Waals surface area contributed by atoms with Crippen molar-refractivity contribution in [1.29, 1.82) is 0 Å². The molecule has 132 valence electrons. The number of esters is 1. The maximum Gasteiger partial charge on any atom is 0.338 e. The van der Waals surface area contributed by atoms with E-state index in [1.165, 1.54) is 32.4 Å². The van der Waals surface area contributed by atoms with Gasteiger partial charge in [-0.25, -0.2) is 9.18 Å². The first kappa shape index (κ1) is 18.5. The number of carbonyl (C=O) groups excluding carboxylic acids is 2. The summed E-state index contributed by atoms with van der Waals surface area (Å²) >= 11 is 5.85. The van der Waals surface area contributed by atoms with Gasteiger partial charge in [0.2, 0.25) is 0 Å². The predicted octanol–water partition coefficient (Wildman–Crippen LogP) is 3.29. The minimum atomic E-state index is -0.738. The Balaban J connectivity index is 1.99. The van der Waals surface area contributed by atoms with Crippen molar-refractivity contribution < 1.29 is 28.2 Å². The molecule has 0 atom stereocenters. The third-order valence-electron chi connectivity index (χ3n) is 3.12. The van der Waals surface area contributed by atoms with Crippen LogP contribution in [-0.4, -0.2) is 32.7 Å². The summed E-state index contributed by atoms with van der Waals surface area (Å²) in [6.07, 6.45) is 0. The standard InChI is InChI=1S/C17H15ClFNO5/c1-23-12-5-10(6-13(8-12)24-2)17(22)25-9-16(21)20-15-7-11(19)3-4-14(15)18/h3-8H,9H2,1-2H3,(H,20,21). The second-order valence-electron chi connectivity index (χ2n) is 4.85. The summed E-state index contributed by atoms with van der Waals surface area (Å²) in [5.74, 6) is -1.14. The fraction of sp³-hybridized carbons (Fsp3) is 0.176. The molecule has 0 saturated carbocycles. The molecule has 1 N–H and O–H groups in total. The van der Waals surface area contributed by atoms with Crippen LogP contribution in [0.25, 0.3) is 0 Å². The van der Waals surface area contributed by atoms with E-state index in [1.54, 1.807) is 6.07 Å². The molecule has 0 saturated heterocycles. The van der Waals surface area contributed by atoms with Gasteiger partial charge in [0, 0.05) is 6.07 Å². The maximum atomic E-state index is 13.2. The molecular formula is C17H15ClFNO5. The zero-order valence-corrected chi connectivity index (χ0v) is 14.2. The van der Waals surface area contributed by atoms with Gasteiger partial charge in [0.15, 0.2) is 6.61 Å². The average molecular weight is 368 g/mol. The summed E-state index contributed by atoms with van der Waals surface area (Å²) in [6, 6.07) is 8.03. The molecule has 0 bridgehead atoms. The number of anilines is 1. The molecule has 2 rings (SSSR count). The number of benzene rings is 2. The van der Waals surface area contributed by atoms with Gasteiger partial charge in [0.1, 0.15) is 17.3 Å². The summed E-state index contributed by atoms with van der Waals surface area (Å²) in [5, 5.41) is 2.53. The zero-order valence-electron chi connectivity index (χ0n) is 13.5. The number of hydrogen-bond acceptors (Lipinski definition) is 5. The van der Waals surface area contributed by atoms with E-state index in [1.807, 2.05) is 0 Å². The summed E-state index contributed by atoms with van der Waals surface area (Å²) in [6.45, 7) is -0.564. The van der Waals surface area contributed by atoms with E-state index in [0.717, 1.165) is 12.1 Å². The fourth-order valence-corrected chi connectivity index (χ4v) is 2.08. The molecule has 1 amide bonds. The number of nitrogens with one attached hydrogen (secondary N) is 1. The van der Waals surface area contributed by atoms with Crippen LogP contribution >= 0.6 is 11.6 Å². The maximum absolute atomic E-state index is 13.2. The monoisotopic (exact) mass is 367 g/mol. The van der Waals surface area contributed by atoms with Crippen molar-refractivity contribution in [3.63, 3.8) is 0 Å². The predicted molar refractivity (Wildman–Crippen MR) is 89.9 cm³/mol. The van der Waals surface area contributed by atoms with E-state index in [2.05, 4.69) is 5.32 Å². The van der Waals surface area contributed by atoms with Crippen molar-refractivity contribution in [2.24, 2.45) is 0 Å². The van der Waals surface area contributed by atoms with Crippen LogP contribution in [0.3, 0.4) is 0 Å². The van der Waals surface area contributed by atoms with E-state index >= 15 is 0 Å². The Hall–Kier alpha value is -2.80. The highest BCUT2D eigenvalue weighted by molar-refractivity contribution is 6.33. The van der Waals surface area contributed by atoms with Crippen LogP contribution in [0.2, 0.25) is 5.02 Å². The van der Waals surface area contributed by atoms with E-state index < -0.39 is 24.3 Å². The average Bonchev–Trinajstić information content (AvgIpc) is 2.62. The smallest absolute Gasteiger partial charge is 0.338 e. The van der Waals surface area contributed by atoms with Crippen LogP contribution in [0, 0.1) is 5.82 Å². The van der Waals surface area contributed by atoms with Gasteiger partial charge in [-0.15, -0.1) is 0 Å². The molecule has 6 nitrogen and oxygen atoms in total. The summed E-state index contributed by atoms with van der Waals surface area (Å²) < 4.78 is 28.2. The van der Waals surface area contributed by atoms with Crippen molar-refractivity contribution in [1.82, 2.24) is 0 Å². The van der Waals surface area contributed by atoms with Crippen molar-refractivity contribution in [3.8, 4) is 11.5 Å². The SMILES string of the molecule is COc1cc(OC)cc(C(=O)OCC(=O)Nc2cc(F)ccc2Cl)c1. The Bertz CT molecular complexity index is 774. The topological polar surface area (TPSA) is 73.9 Å². The van der Waals surface area contributed by atoms with Gasteiger partial charge in [-0.2, -0.15) is 0 Å². The first-order valence-electron chi connectivity index (χ1n) is 7.08. The number of hydrogen-bond donors (Lipinski definition) is 1. The van der Waals surface area contributed by atoms with Gasteiger partial charge >= 0.3 is 5.97 Å². The molecule has 0 aliphatic rings. The lowest BCUT2D eigenvalue weighted by atomic mass is 10.2. The minimum Gasteiger partial charge on any atom is -0.497 e. The zero-order chi connectivity index (χ0) is 18.4. The van der Waals surface area contributed by atoms with Crippen molar-refractivity contribution >= 4 is 29.2 Å². The van der Waals surface area contributed by atoms with Crippen molar-refractivity contribution in [2.45, 2.75) is 0 Å². The Morgan fingerprint density at radius 3 is 2.32 bits per heavy atom. The quantitative estimate of drug-likeness (QED) is 0.793. The Labute approximate surface area is 148 Å². The van der Waals surface area contributed by atoms with Gasteiger partial charge in [0.25, 0.3) is 5.91 Å². The Morgan fingerprint density at radius 2 is 1.72 bits per heavy atom. The first-order valence-corrected chi connectivity index (χ1v) is 7.46. The highest BCUT2D eigenvalue weighted by Crippen LogP contribution is 2.24. The van der Waals surface area contributed by atoms with Crippen molar-refractivity contribution in [3.05, 3.63) is 52.8 Å². The van der Waals surface area contributed by atoms with Crippen LogP contribution in [0.5, 0.6) is 11.5 Å². The number of methoxy groups -OCH3 is 2. The molecule has 0 heterocycles. The molecule has 0 fully saturated rings. The van der Waals surface area contributed by atoms with Gasteiger partial charge in [-0.05, 0) is 30.3 Å². The molecule has 0 aliphatic heterocycles. The van der Waals surface area contributed by atoms with E-state index in [4.69, 9.17) is 25.8 Å². The summed E-state index contributed by atoms with van der Waals surface area (Å²) in [5.41, 5.74) is 0.249. The Morgan fingerprint density at radius 1 is 1.08 bits per heavy atom. The van der Waals surface area contributed by atoms with Crippen LogP contribution in [0.4, 0.5) is 10.1 Å². The number of halogens is 2. The largest absolute Gasteiger partial charge is 0.497 e. The highest BCUT2D eigenvalue weighted by atomic mass is 35.5. The highest BCUT2D eigenvalue weighted by Gasteiger charge is 2.14. The van der Waals surface area contributed by atoms with E-state index in [0.29, 0.717) is 11.5 Å². The fourth-order valence-electron chi connectivity index (χ4n) is 1.92. The lowest BCUT2D eigenvalue weighted by molar-refractivity contribution is -0.119. The molecule has 2 aromatic carbocycles. The Kier molecular flexibility index (Phi) is 6.19. The number of carbonyl (C=O) groups is 2. The van der Waals surface area contributed by atoms with Gasteiger partial charge in [0.05, 0.1) is 30.5 Å². The molecule has 0 aliphatic carbocycles. The van der Waals surface area contributed by atoms with Gasteiger partial charge in [-0.3, -0.25) is 4.79 Å². The molecular weight excluding hydrogens is 353 g/mol. The van der Waals surface area contributed by atoms with Gasteiger partial charge < -0.3 is 19.5 Å². The number of rotatable bonds is 6. The van der Waals surface area contributed by atoms with Crippen LogP contribution in [0.15, 0.2) is 36.4 Å². The molecule has 25 heavy (non-hydrogen) atoms. The molecule has 2 aromatic rings.